The van der Waals surface area contributed by atoms with E-state index in [4.69, 9.17) is 0 Å². The monoisotopic (exact) mass is 155 g/mol. The summed E-state index contributed by atoms with van der Waals surface area (Å²) in [7, 11) is 4.25. The maximum atomic E-state index is 2.23. The van der Waals surface area contributed by atoms with Crippen LogP contribution in [-0.2, 0) is 0 Å². The van der Waals surface area contributed by atoms with Gasteiger partial charge in [0.15, 0.2) is 0 Å². The molecule has 1 nitrogen and oxygen atoms in total. The Balaban J connectivity index is 3.81. The van der Waals surface area contributed by atoms with Gasteiger partial charge in [0.25, 0.3) is 0 Å². The first-order valence-electron chi connectivity index (χ1n) is 4.37. The molecule has 0 rings (SSSR count). The molecule has 0 amide bonds. The summed E-state index contributed by atoms with van der Waals surface area (Å²) in [5, 5.41) is 0. The maximum absolute atomic E-state index is 2.23. The number of hydrogen-bond acceptors (Lipinski definition) is 1. The van der Waals surface area contributed by atoms with Gasteiger partial charge in [0, 0.05) is 6.54 Å². The predicted octanol–water partition coefficient (Wildman–Crippen LogP) is 2.68. The molecule has 0 aromatic carbocycles. The highest BCUT2D eigenvalue weighted by Crippen LogP contribution is 2.11. The van der Waals surface area contributed by atoms with Gasteiger partial charge in [-0.3, -0.25) is 0 Å². The Morgan fingerprint density at radius 1 is 1.18 bits per heavy atom. The fraction of sp³-hybridized carbons (Fsp3) is 0.800. The lowest BCUT2D eigenvalue weighted by atomic mass is 10.1. The van der Waals surface area contributed by atoms with Gasteiger partial charge in [-0.15, -0.1) is 0 Å². The lowest BCUT2D eigenvalue weighted by molar-refractivity contribution is 0.411. The lowest BCUT2D eigenvalue weighted by Crippen LogP contribution is -2.13. The van der Waals surface area contributed by atoms with Crippen LogP contribution in [0.1, 0.15) is 33.6 Å². The second kappa shape index (κ2) is 5.36. The van der Waals surface area contributed by atoms with Crippen LogP contribution in [0, 0.1) is 0 Å². The normalized spacial score (nSPS) is 10.4. The predicted molar refractivity (Wildman–Crippen MR) is 51.8 cm³/mol. The Bertz CT molecular complexity index is 130. The molecule has 0 atom stereocenters. The first-order valence-corrected chi connectivity index (χ1v) is 4.37. The van der Waals surface area contributed by atoms with Crippen molar-refractivity contribution in [3.8, 4) is 0 Å². The highest BCUT2D eigenvalue weighted by molar-refractivity contribution is 5.09. The van der Waals surface area contributed by atoms with Crippen LogP contribution in [0.2, 0.25) is 0 Å². The first-order chi connectivity index (χ1) is 5.07. The Kier molecular flexibility index (Phi) is 5.22. The summed E-state index contributed by atoms with van der Waals surface area (Å²) in [6.45, 7) is 7.81. The molecule has 0 aliphatic heterocycles. The summed E-state index contributed by atoms with van der Waals surface area (Å²) >= 11 is 0. The Labute approximate surface area is 71.1 Å². The van der Waals surface area contributed by atoms with Crippen molar-refractivity contribution in [2.24, 2.45) is 0 Å². The zero-order valence-electron chi connectivity index (χ0n) is 8.57. The van der Waals surface area contributed by atoms with Crippen LogP contribution in [0.3, 0.4) is 0 Å². The van der Waals surface area contributed by atoms with Crippen LogP contribution < -0.4 is 0 Å². The fourth-order valence-electron chi connectivity index (χ4n) is 1.14. The van der Waals surface area contributed by atoms with Crippen molar-refractivity contribution in [1.29, 1.82) is 0 Å². The number of rotatable bonds is 4. The average Bonchev–Trinajstić information content (AvgIpc) is 1.87. The molecule has 0 bridgehead atoms. The molecule has 0 fully saturated rings. The average molecular weight is 155 g/mol. The van der Waals surface area contributed by atoms with E-state index in [0.29, 0.717) is 0 Å². The summed E-state index contributed by atoms with van der Waals surface area (Å²) in [6.07, 6.45) is 2.43. The van der Waals surface area contributed by atoms with Crippen molar-refractivity contribution in [3.05, 3.63) is 11.1 Å². The van der Waals surface area contributed by atoms with Crippen LogP contribution in [0.5, 0.6) is 0 Å². The molecular weight excluding hydrogens is 134 g/mol. The number of hydrogen-bond donors (Lipinski definition) is 0. The van der Waals surface area contributed by atoms with E-state index >= 15 is 0 Å². The molecular formula is C10H21N. The van der Waals surface area contributed by atoms with Crippen molar-refractivity contribution in [1.82, 2.24) is 4.90 Å². The van der Waals surface area contributed by atoms with E-state index in [0.717, 1.165) is 0 Å². The quantitative estimate of drug-likeness (QED) is 0.564. The standard InChI is InChI=1S/C10H21N/c1-6-10(9(2)3)7-8-11(4)5/h6-8H2,1-5H3. The molecule has 0 unspecified atom stereocenters. The summed E-state index contributed by atoms with van der Waals surface area (Å²) in [5.74, 6) is 0. The Morgan fingerprint density at radius 2 is 1.73 bits per heavy atom. The molecule has 0 aromatic heterocycles. The van der Waals surface area contributed by atoms with Crippen LogP contribution >= 0.6 is 0 Å². The van der Waals surface area contributed by atoms with Crippen molar-refractivity contribution in [2.75, 3.05) is 20.6 Å². The zero-order chi connectivity index (χ0) is 8.85. The molecule has 1 heteroatoms. The highest BCUT2D eigenvalue weighted by Gasteiger charge is 1.97. The zero-order valence-corrected chi connectivity index (χ0v) is 8.57. The minimum absolute atomic E-state index is 1.17. The molecule has 0 saturated heterocycles. The van der Waals surface area contributed by atoms with Crippen molar-refractivity contribution in [3.63, 3.8) is 0 Å². The molecule has 0 aliphatic rings. The van der Waals surface area contributed by atoms with Gasteiger partial charge in [0.1, 0.15) is 0 Å². The number of nitrogens with zero attached hydrogens (tertiary/aromatic N) is 1. The molecule has 0 aliphatic carbocycles. The summed E-state index contributed by atoms with van der Waals surface area (Å²) < 4.78 is 0. The third-order valence-electron chi connectivity index (χ3n) is 1.99. The van der Waals surface area contributed by atoms with E-state index in [1.54, 1.807) is 5.57 Å². The minimum Gasteiger partial charge on any atom is -0.309 e. The van der Waals surface area contributed by atoms with E-state index in [2.05, 4.69) is 39.8 Å². The van der Waals surface area contributed by atoms with Crippen LogP contribution in [0.25, 0.3) is 0 Å². The third kappa shape index (κ3) is 5.02. The maximum Gasteiger partial charge on any atom is 0.00126 e. The Hall–Kier alpha value is -0.300. The molecule has 0 heterocycles. The second-order valence-electron chi connectivity index (χ2n) is 3.51. The largest absolute Gasteiger partial charge is 0.309 e. The van der Waals surface area contributed by atoms with Gasteiger partial charge in [0.05, 0.1) is 0 Å². The van der Waals surface area contributed by atoms with Crippen LogP contribution in [0.4, 0.5) is 0 Å². The smallest absolute Gasteiger partial charge is 0.00126 e. The van der Waals surface area contributed by atoms with E-state index in [9.17, 15) is 0 Å². The molecule has 66 valence electrons. The third-order valence-corrected chi connectivity index (χ3v) is 1.99. The molecule has 0 N–H and O–H groups in total. The fourth-order valence-corrected chi connectivity index (χ4v) is 1.14. The Morgan fingerprint density at radius 3 is 2.00 bits per heavy atom. The first kappa shape index (κ1) is 10.7. The second-order valence-corrected chi connectivity index (χ2v) is 3.51. The van der Waals surface area contributed by atoms with Gasteiger partial charge >= 0.3 is 0 Å². The van der Waals surface area contributed by atoms with Crippen LogP contribution in [0.15, 0.2) is 11.1 Å². The summed E-state index contributed by atoms with van der Waals surface area (Å²) in [5.41, 5.74) is 3.10. The topological polar surface area (TPSA) is 3.24 Å². The summed E-state index contributed by atoms with van der Waals surface area (Å²) in [4.78, 5) is 2.23. The van der Waals surface area contributed by atoms with E-state index in [1.807, 2.05) is 0 Å². The van der Waals surface area contributed by atoms with Gasteiger partial charge < -0.3 is 4.90 Å². The minimum atomic E-state index is 1.17. The molecule has 11 heavy (non-hydrogen) atoms. The van der Waals surface area contributed by atoms with Gasteiger partial charge in [-0.05, 0) is 40.8 Å². The van der Waals surface area contributed by atoms with Gasteiger partial charge in [-0.25, -0.2) is 0 Å². The highest BCUT2D eigenvalue weighted by atomic mass is 15.0. The van der Waals surface area contributed by atoms with Crippen molar-refractivity contribution >= 4 is 0 Å². The van der Waals surface area contributed by atoms with Crippen LogP contribution in [-0.4, -0.2) is 25.5 Å². The molecule has 0 radical (unpaired) electrons. The van der Waals surface area contributed by atoms with Crippen molar-refractivity contribution in [2.45, 2.75) is 33.6 Å². The summed E-state index contributed by atoms with van der Waals surface area (Å²) in [6, 6.07) is 0. The van der Waals surface area contributed by atoms with E-state index < -0.39 is 0 Å². The SMILES string of the molecule is CCC(CCN(C)C)=C(C)C. The molecule has 0 aromatic rings. The van der Waals surface area contributed by atoms with E-state index in [-0.39, 0.29) is 0 Å². The van der Waals surface area contributed by atoms with Gasteiger partial charge in [-0.1, -0.05) is 18.1 Å². The molecule has 0 saturated carbocycles. The van der Waals surface area contributed by atoms with Crippen molar-refractivity contribution < 1.29 is 0 Å². The van der Waals surface area contributed by atoms with Gasteiger partial charge in [0.2, 0.25) is 0 Å². The molecule has 0 spiro atoms. The lowest BCUT2D eigenvalue weighted by Gasteiger charge is -2.12. The van der Waals surface area contributed by atoms with E-state index in [1.165, 1.54) is 25.0 Å². The van der Waals surface area contributed by atoms with Gasteiger partial charge in [-0.2, -0.15) is 0 Å². The number of allylic oxidation sites excluding steroid dienone is 1.